The van der Waals surface area contributed by atoms with Crippen molar-refractivity contribution in [3.05, 3.63) is 113 Å². The van der Waals surface area contributed by atoms with Crippen LogP contribution in [0, 0.1) is 0 Å². The van der Waals surface area contributed by atoms with Gasteiger partial charge in [0.15, 0.2) is 0 Å². The van der Waals surface area contributed by atoms with Gasteiger partial charge in [0, 0.05) is 17.4 Å². The van der Waals surface area contributed by atoms with Gasteiger partial charge in [0.05, 0.1) is 11.7 Å². The van der Waals surface area contributed by atoms with Crippen molar-refractivity contribution in [3.8, 4) is 0 Å². The maximum absolute atomic E-state index is 13.0. The molecule has 1 unspecified atom stereocenters. The smallest absolute Gasteiger partial charge is 0.271 e. The fraction of sp³-hybridized carbons (Fsp3) is 0.0435. The largest absolute Gasteiger partial charge is 0.340 e. The van der Waals surface area contributed by atoms with Crippen LogP contribution < -0.4 is 10.0 Å². The zero-order valence-electron chi connectivity index (χ0n) is 16.3. The van der Waals surface area contributed by atoms with Crippen molar-refractivity contribution in [1.29, 1.82) is 0 Å². The highest BCUT2D eigenvalue weighted by molar-refractivity contribution is 7.94. The monoisotopic (exact) mass is 449 g/mol. The van der Waals surface area contributed by atoms with E-state index in [2.05, 4.69) is 15.0 Å². The number of amides is 1. The van der Waals surface area contributed by atoms with E-state index in [9.17, 15) is 13.2 Å². The molecule has 2 heterocycles. The number of aromatic nitrogens is 1. The van der Waals surface area contributed by atoms with E-state index in [-0.39, 0.29) is 10.1 Å². The molecule has 31 heavy (non-hydrogen) atoms. The first-order valence-corrected chi connectivity index (χ1v) is 11.8. The Kier molecular flexibility index (Phi) is 6.11. The van der Waals surface area contributed by atoms with E-state index in [0.29, 0.717) is 16.9 Å². The molecule has 0 saturated heterocycles. The Bertz CT molecular complexity index is 1220. The third-order valence-corrected chi connectivity index (χ3v) is 7.31. The maximum Gasteiger partial charge on any atom is 0.271 e. The first-order valence-electron chi connectivity index (χ1n) is 9.46. The van der Waals surface area contributed by atoms with Crippen molar-refractivity contribution in [2.24, 2.45) is 0 Å². The first kappa shape index (κ1) is 20.8. The lowest BCUT2D eigenvalue weighted by molar-refractivity contribution is 0.0942. The third kappa shape index (κ3) is 4.99. The van der Waals surface area contributed by atoms with Crippen LogP contribution in [0.2, 0.25) is 0 Å². The number of thiophene rings is 1. The zero-order chi connectivity index (χ0) is 21.7. The second-order valence-corrected chi connectivity index (χ2v) is 9.55. The molecule has 2 aromatic carbocycles. The molecule has 156 valence electrons. The normalized spacial score (nSPS) is 12.1. The highest BCUT2D eigenvalue weighted by Crippen LogP contribution is 2.23. The van der Waals surface area contributed by atoms with Gasteiger partial charge in [-0.3, -0.25) is 14.5 Å². The van der Waals surface area contributed by atoms with Crippen LogP contribution in [0.3, 0.4) is 0 Å². The predicted molar refractivity (Wildman–Crippen MR) is 122 cm³/mol. The number of hydrogen-bond donors (Lipinski definition) is 2. The van der Waals surface area contributed by atoms with Crippen LogP contribution >= 0.6 is 11.3 Å². The molecular weight excluding hydrogens is 430 g/mol. The minimum Gasteiger partial charge on any atom is -0.340 e. The molecule has 0 aliphatic heterocycles. The molecule has 0 aliphatic carbocycles. The van der Waals surface area contributed by atoms with Crippen LogP contribution in [-0.4, -0.2) is 19.3 Å². The second-order valence-electron chi connectivity index (χ2n) is 6.69. The summed E-state index contributed by atoms with van der Waals surface area (Å²) >= 11 is 1.13. The van der Waals surface area contributed by atoms with Gasteiger partial charge < -0.3 is 5.32 Å². The van der Waals surface area contributed by atoms with Gasteiger partial charge >= 0.3 is 0 Å². The fourth-order valence-electron chi connectivity index (χ4n) is 3.08. The lowest BCUT2D eigenvalue weighted by Crippen LogP contribution is -2.30. The summed E-state index contributed by atoms with van der Waals surface area (Å²) in [4.78, 5) is 17.4. The van der Waals surface area contributed by atoms with Crippen molar-refractivity contribution in [2.75, 3.05) is 4.72 Å². The molecule has 4 rings (SSSR count). The van der Waals surface area contributed by atoms with E-state index in [0.717, 1.165) is 16.9 Å². The van der Waals surface area contributed by atoms with Crippen LogP contribution in [0.25, 0.3) is 0 Å². The summed E-state index contributed by atoms with van der Waals surface area (Å²) < 4.78 is 27.7. The number of pyridine rings is 1. The van der Waals surface area contributed by atoms with Crippen molar-refractivity contribution in [3.63, 3.8) is 0 Å². The van der Waals surface area contributed by atoms with Crippen LogP contribution in [0.4, 0.5) is 5.69 Å². The molecule has 1 amide bonds. The highest BCUT2D eigenvalue weighted by Gasteiger charge is 2.20. The van der Waals surface area contributed by atoms with E-state index in [1.54, 1.807) is 35.8 Å². The molecule has 1 atom stereocenters. The molecule has 8 heteroatoms. The minimum absolute atomic E-state index is 0.210. The van der Waals surface area contributed by atoms with Crippen LogP contribution in [-0.2, 0) is 10.0 Å². The minimum atomic E-state index is -3.69. The van der Waals surface area contributed by atoms with E-state index in [1.165, 1.54) is 12.1 Å². The Balaban J connectivity index is 1.58. The summed E-state index contributed by atoms with van der Waals surface area (Å²) in [5, 5.41) is 4.70. The molecule has 2 aromatic heterocycles. The summed E-state index contributed by atoms with van der Waals surface area (Å²) in [7, 11) is -3.69. The molecule has 0 radical (unpaired) electrons. The summed E-state index contributed by atoms with van der Waals surface area (Å²) in [5.41, 5.74) is 2.25. The first-order chi connectivity index (χ1) is 15.0. The average Bonchev–Trinajstić information content (AvgIpc) is 3.35. The van der Waals surface area contributed by atoms with Crippen LogP contribution in [0.5, 0.6) is 0 Å². The number of nitrogens with zero attached hydrogens (tertiary/aromatic N) is 1. The number of nitrogens with one attached hydrogen (secondary N) is 2. The van der Waals surface area contributed by atoms with Gasteiger partial charge in [-0.15, -0.1) is 11.3 Å². The Morgan fingerprint density at radius 3 is 2.42 bits per heavy atom. The number of hydrogen-bond acceptors (Lipinski definition) is 5. The van der Waals surface area contributed by atoms with Crippen molar-refractivity contribution in [1.82, 2.24) is 10.3 Å². The van der Waals surface area contributed by atoms with Crippen LogP contribution in [0.15, 0.2) is 101 Å². The van der Waals surface area contributed by atoms with Gasteiger partial charge in [-0.1, -0.05) is 48.5 Å². The van der Waals surface area contributed by atoms with E-state index in [1.807, 2.05) is 48.5 Å². The lowest BCUT2D eigenvalue weighted by Gasteiger charge is -2.19. The van der Waals surface area contributed by atoms with Gasteiger partial charge in [0.25, 0.3) is 15.9 Å². The van der Waals surface area contributed by atoms with Crippen molar-refractivity contribution >= 4 is 33.0 Å². The topological polar surface area (TPSA) is 88.2 Å². The molecule has 0 spiro atoms. The van der Waals surface area contributed by atoms with E-state index < -0.39 is 16.1 Å². The molecular formula is C23H19N3O3S2. The Morgan fingerprint density at radius 1 is 0.903 bits per heavy atom. The molecule has 0 fully saturated rings. The summed E-state index contributed by atoms with van der Waals surface area (Å²) in [6.45, 7) is 0. The number of carbonyl (C=O) groups is 1. The predicted octanol–water partition coefficient (Wildman–Crippen LogP) is 4.46. The Morgan fingerprint density at radius 2 is 1.71 bits per heavy atom. The molecule has 0 bridgehead atoms. The molecule has 6 nitrogen and oxygen atoms in total. The fourth-order valence-corrected chi connectivity index (χ4v) is 5.12. The SMILES string of the molecule is O=C(NC(c1ccccc1)c1ccccn1)c1cccc(NS(=O)(=O)c2cccs2)c1. The number of benzene rings is 2. The standard InChI is InChI=1S/C23H19N3O3S2/c27-23(25-22(17-8-2-1-3-9-17)20-12-4-5-14-24-20)18-10-6-11-19(16-18)26-31(28,29)21-13-7-15-30-21/h1-16,22,26H,(H,25,27). The van der Waals surface area contributed by atoms with Gasteiger partial charge in [-0.05, 0) is 47.3 Å². The summed E-state index contributed by atoms with van der Waals surface area (Å²) in [6, 6.07) is 24.2. The van der Waals surface area contributed by atoms with E-state index >= 15 is 0 Å². The van der Waals surface area contributed by atoms with Crippen molar-refractivity contribution < 1.29 is 13.2 Å². The molecule has 0 saturated carbocycles. The molecule has 2 N–H and O–H groups in total. The van der Waals surface area contributed by atoms with Crippen LogP contribution in [0.1, 0.15) is 27.7 Å². The third-order valence-electron chi connectivity index (χ3n) is 4.53. The van der Waals surface area contributed by atoms with Gasteiger partial charge in [-0.2, -0.15) is 0 Å². The Labute approximate surface area is 184 Å². The maximum atomic E-state index is 13.0. The number of sulfonamides is 1. The quantitative estimate of drug-likeness (QED) is 0.436. The Hall–Kier alpha value is -3.49. The second kappa shape index (κ2) is 9.11. The van der Waals surface area contributed by atoms with Gasteiger partial charge in [0.2, 0.25) is 0 Å². The van der Waals surface area contributed by atoms with E-state index in [4.69, 9.17) is 0 Å². The number of anilines is 1. The molecule has 4 aromatic rings. The highest BCUT2D eigenvalue weighted by atomic mass is 32.2. The van der Waals surface area contributed by atoms with Gasteiger partial charge in [-0.25, -0.2) is 8.42 Å². The van der Waals surface area contributed by atoms with Crippen molar-refractivity contribution in [2.45, 2.75) is 10.3 Å². The average molecular weight is 450 g/mol. The summed E-state index contributed by atoms with van der Waals surface area (Å²) in [6.07, 6.45) is 1.68. The summed E-state index contributed by atoms with van der Waals surface area (Å²) in [5.74, 6) is -0.336. The molecule has 0 aliphatic rings. The lowest BCUT2D eigenvalue weighted by atomic mass is 10.0. The van der Waals surface area contributed by atoms with Gasteiger partial charge in [0.1, 0.15) is 4.21 Å². The zero-order valence-corrected chi connectivity index (χ0v) is 17.9. The number of rotatable bonds is 7. The number of carbonyl (C=O) groups excluding carboxylic acids is 1.